The molecule has 1 aliphatic carbocycles. The van der Waals surface area contributed by atoms with Crippen LogP contribution in [-0.2, 0) is 9.59 Å². The molecule has 3 rings (SSSR count). The second-order valence-electron chi connectivity index (χ2n) is 5.46. The van der Waals surface area contributed by atoms with Gasteiger partial charge in [-0.15, -0.1) is 0 Å². The minimum atomic E-state index is -0.791. The zero-order valence-electron chi connectivity index (χ0n) is 11.7. The van der Waals surface area contributed by atoms with Gasteiger partial charge in [0.25, 0.3) is 5.91 Å². The number of nitrogens with zero attached hydrogens (tertiary/aromatic N) is 1. The summed E-state index contributed by atoms with van der Waals surface area (Å²) in [6, 6.07) is 7.79. The van der Waals surface area contributed by atoms with Gasteiger partial charge in [-0.25, -0.2) is 0 Å². The predicted octanol–water partition coefficient (Wildman–Crippen LogP) is 0.408. The van der Waals surface area contributed by atoms with E-state index < -0.39 is 12.0 Å². The lowest BCUT2D eigenvalue weighted by Gasteiger charge is -2.33. The second-order valence-corrected chi connectivity index (χ2v) is 5.46. The number of amides is 2. The molecule has 0 aromatic heterocycles. The lowest BCUT2D eigenvalue weighted by atomic mass is 10.1. The number of rotatable bonds is 5. The van der Waals surface area contributed by atoms with Gasteiger partial charge in [0.15, 0.2) is 6.10 Å². The standard InChI is InChI=1S/C15H19N3O3/c16-15(20)13-9-18(11-3-1-2-4-12(11)21-13)14(19)7-8-17-10-5-6-10/h1-4,10,13,17H,5-9H2,(H2,16,20). The monoisotopic (exact) mass is 289 g/mol. The Morgan fingerprint density at radius 2 is 2.10 bits per heavy atom. The van der Waals surface area contributed by atoms with E-state index >= 15 is 0 Å². The van der Waals surface area contributed by atoms with Crippen LogP contribution in [0.2, 0.25) is 0 Å². The van der Waals surface area contributed by atoms with E-state index in [-0.39, 0.29) is 12.5 Å². The van der Waals surface area contributed by atoms with Crippen LogP contribution in [0.15, 0.2) is 24.3 Å². The molecule has 0 saturated heterocycles. The summed E-state index contributed by atoms with van der Waals surface area (Å²) in [6.07, 6.45) is 1.99. The topological polar surface area (TPSA) is 84.7 Å². The van der Waals surface area contributed by atoms with Crippen molar-refractivity contribution < 1.29 is 14.3 Å². The molecule has 21 heavy (non-hydrogen) atoms. The number of ether oxygens (including phenoxy) is 1. The smallest absolute Gasteiger partial charge is 0.260 e. The Labute approximate surface area is 123 Å². The van der Waals surface area contributed by atoms with Crippen molar-refractivity contribution >= 4 is 17.5 Å². The van der Waals surface area contributed by atoms with Gasteiger partial charge in [-0.05, 0) is 25.0 Å². The number of hydrogen-bond donors (Lipinski definition) is 2. The minimum absolute atomic E-state index is 0.0230. The third-order valence-corrected chi connectivity index (χ3v) is 3.74. The number of carbonyl (C=O) groups is 2. The van der Waals surface area contributed by atoms with Crippen LogP contribution in [0, 0.1) is 0 Å². The van der Waals surface area contributed by atoms with E-state index in [0.29, 0.717) is 30.4 Å². The first-order valence-corrected chi connectivity index (χ1v) is 7.24. The average molecular weight is 289 g/mol. The molecule has 6 heteroatoms. The number of carbonyl (C=O) groups excluding carboxylic acids is 2. The highest BCUT2D eigenvalue weighted by atomic mass is 16.5. The van der Waals surface area contributed by atoms with Crippen LogP contribution in [0.25, 0.3) is 0 Å². The van der Waals surface area contributed by atoms with Crippen LogP contribution in [0.4, 0.5) is 5.69 Å². The van der Waals surface area contributed by atoms with Crippen LogP contribution >= 0.6 is 0 Å². The van der Waals surface area contributed by atoms with Crippen molar-refractivity contribution in [2.45, 2.75) is 31.4 Å². The SMILES string of the molecule is NC(=O)C1CN(C(=O)CCNC2CC2)c2ccccc2O1. The van der Waals surface area contributed by atoms with Gasteiger partial charge in [-0.3, -0.25) is 9.59 Å². The molecule has 1 heterocycles. The quantitative estimate of drug-likeness (QED) is 0.822. The predicted molar refractivity (Wildman–Crippen MR) is 78.0 cm³/mol. The molecule has 1 aromatic rings. The van der Waals surface area contributed by atoms with Gasteiger partial charge in [-0.2, -0.15) is 0 Å². The highest BCUT2D eigenvalue weighted by Gasteiger charge is 2.32. The number of anilines is 1. The van der Waals surface area contributed by atoms with Crippen LogP contribution in [0.3, 0.4) is 0 Å². The number of para-hydroxylation sites is 2. The summed E-state index contributed by atoms with van der Waals surface area (Å²) >= 11 is 0. The zero-order chi connectivity index (χ0) is 14.8. The summed E-state index contributed by atoms with van der Waals surface area (Å²) in [7, 11) is 0. The first-order chi connectivity index (χ1) is 10.1. The Hall–Kier alpha value is -2.08. The zero-order valence-corrected chi connectivity index (χ0v) is 11.7. The molecular weight excluding hydrogens is 270 g/mol. The number of primary amides is 1. The van der Waals surface area contributed by atoms with Crippen LogP contribution in [-0.4, -0.2) is 37.0 Å². The van der Waals surface area contributed by atoms with E-state index in [0.717, 1.165) is 0 Å². The van der Waals surface area contributed by atoms with Crippen molar-refractivity contribution in [3.63, 3.8) is 0 Å². The normalized spacial score (nSPS) is 20.6. The lowest BCUT2D eigenvalue weighted by Crippen LogP contribution is -2.49. The Bertz CT molecular complexity index is 557. The number of hydrogen-bond acceptors (Lipinski definition) is 4. The number of nitrogens with one attached hydrogen (secondary N) is 1. The third-order valence-electron chi connectivity index (χ3n) is 3.74. The van der Waals surface area contributed by atoms with Crippen molar-refractivity contribution in [2.24, 2.45) is 5.73 Å². The average Bonchev–Trinajstić information content (AvgIpc) is 3.30. The molecule has 1 saturated carbocycles. The van der Waals surface area contributed by atoms with E-state index in [4.69, 9.17) is 10.5 Å². The van der Waals surface area contributed by atoms with Crippen LogP contribution in [0.1, 0.15) is 19.3 Å². The second kappa shape index (κ2) is 5.73. The summed E-state index contributed by atoms with van der Waals surface area (Å²) in [5.74, 6) is -0.0559. The molecule has 1 atom stereocenters. The number of nitrogens with two attached hydrogens (primary N) is 1. The Balaban J connectivity index is 1.72. The van der Waals surface area contributed by atoms with Crippen molar-refractivity contribution in [3.8, 4) is 5.75 Å². The molecular formula is C15H19N3O3. The van der Waals surface area contributed by atoms with Crippen molar-refractivity contribution in [1.29, 1.82) is 0 Å². The molecule has 2 aliphatic rings. The van der Waals surface area contributed by atoms with Gasteiger partial charge in [0.05, 0.1) is 12.2 Å². The molecule has 6 nitrogen and oxygen atoms in total. The molecule has 1 unspecified atom stereocenters. The summed E-state index contributed by atoms with van der Waals surface area (Å²) in [5.41, 5.74) is 6.02. The summed E-state index contributed by atoms with van der Waals surface area (Å²) in [4.78, 5) is 25.4. The molecule has 1 fully saturated rings. The summed E-state index contributed by atoms with van der Waals surface area (Å²) < 4.78 is 5.54. The fraction of sp³-hybridized carbons (Fsp3) is 0.467. The highest BCUT2D eigenvalue weighted by Crippen LogP contribution is 2.33. The molecule has 2 amide bonds. The Morgan fingerprint density at radius 1 is 1.33 bits per heavy atom. The van der Waals surface area contributed by atoms with Gasteiger partial charge in [0, 0.05) is 19.0 Å². The van der Waals surface area contributed by atoms with Gasteiger partial charge < -0.3 is 20.7 Å². The first kappa shape index (κ1) is 13.9. The van der Waals surface area contributed by atoms with Crippen molar-refractivity contribution in [2.75, 3.05) is 18.0 Å². The summed E-state index contributed by atoms with van der Waals surface area (Å²) in [5, 5.41) is 3.31. The summed E-state index contributed by atoms with van der Waals surface area (Å²) in [6.45, 7) is 0.832. The van der Waals surface area contributed by atoms with Crippen LogP contribution in [0.5, 0.6) is 5.75 Å². The van der Waals surface area contributed by atoms with Crippen LogP contribution < -0.4 is 20.7 Å². The molecule has 0 radical (unpaired) electrons. The van der Waals surface area contributed by atoms with E-state index in [2.05, 4.69) is 5.32 Å². The molecule has 0 bridgehead atoms. The molecule has 0 spiro atoms. The molecule has 1 aliphatic heterocycles. The molecule has 3 N–H and O–H groups in total. The minimum Gasteiger partial charge on any atom is -0.477 e. The van der Waals surface area contributed by atoms with Crippen molar-refractivity contribution in [1.82, 2.24) is 5.32 Å². The third kappa shape index (κ3) is 3.16. The first-order valence-electron chi connectivity index (χ1n) is 7.24. The maximum atomic E-state index is 12.4. The fourth-order valence-electron chi connectivity index (χ4n) is 2.42. The maximum absolute atomic E-state index is 12.4. The van der Waals surface area contributed by atoms with Gasteiger partial charge in [0.1, 0.15) is 5.75 Å². The Kier molecular flexibility index (Phi) is 3.79. The van der Waals surface area contributed by atoms with Gasteiger partial charge in [0.2, 0.25) is 5.91 Å². The lowest BCUT2D eigenvalue weighted by molar-refractivity contribution is -0.125. The van der Waals surface area contributed by atoms with E-state index in [9.17, 15) is 9.59 Å². The van der Waals surface area contributed by atoms with E-state index in [1.807, 2.05) is 12.1 Å². The highest BCUT2D eigenvalue weighted by molar-refractivity contribution is 5.97. The maximum Gasteiger partial charge on any atom is 0.260 e. The Morgan fingerprint density at radius 3 is 2.81 bits per heavy atom. The van der Waals surface area contributed by atoms with E-state index in [1.54, 1.807) is 17.0 Å². The molecule has 1 aromatic carbocycles. The number of fused-ring (bicyclic) bond motifs is 1. The largest absolute Gasteiger partial charge is 0.477 e. The molecule has 112 valence electrons. The van der Waals surface area contributed by atoms with E-state index in [1.165, 1.54) is 12.8 Å². The van der Waals surface area contributed by atoms with Gasteiger partial charge >= 0.3 is 0 Å². The van der Waals surface area contributed by atoms with Gasteiger partial charge in [-0.1, -0.05) is 12.1 Å². The fourth-order valence-corrected chi connectivity index (χ4v) is 2.42. The van der Waals surface area contributed by atoms with Crippen molar-refractivity contribution in [3.05, 3.63) is 24.3 Å². The number of benzene rings is 1.